The third kappa shape index (κ3) is 9.09. The molecule has 0 aromatic carbocycles. The van der Waals surface area contributed by atoms with Gasteiger partial charge in [-0.05, 0) is 6.42 Å². The molecule has 5 N–H and O–H groups in total. The molecule has 16 heavy (non-hydrogen) atoms. The Hall–Kier alpha value is -0.160. The van der Waals surface area contributed by atoms with Crippen molar-refractivity contribution >= 4 is 0 Å². The number of hydrogen-bond donors (Lipinski definition) is 4. The van der Waals surface area contributed by atoms with Gasteiger partial charge >= 0.3 is 0 Å². The molecule has 0 spiro atoms. The SMILES string of the molecule is CCCCCCCCCCC(N)C(O)(O)O. The highest BCUT2D eigenvalue weighted by Crippen LogP contribution is 2.12. The molecule has 98 valence electrons. The Morgan fingerprint density at radius 1 is 0.875 bits per heavy atom. The third-order valence-electron chi connectivity index (χ3n) is 2.87. The van der Waals surface area contributed by atoms with Crippen LogP contribution in [-0.2, 0) is 0 Å². The highest BCUT2D eigenvalue weighted by molar-refractivity contribution is 4.68. The minimum Gasteiger partial charge on any atom is -0.342 e. The van der Waals surface area contributed by atoms with Crippen molar-refractivity contribution in [3.05, 3.63) is 0 Å². The van der Waals surface area contributed by atoms with Crippen LogP contribution in [0.3, 0.4) is 0 Å². The van der Waals surface area contributed by atoms with E-state index < -0.39 is 12.0 Å². The summed E-state index contributed by atoms with van der Waals surface area (Å²) in [5.41, 5.74) is 5.38. The predicted octanol–water partition coefficient (Wildman–Crippen LogP) is 1.48. The van der Waals surface area contributed by atoms with Gasteiger partial charge in [0.25, 0.3) is 5.97 Å². The summed E-state index contributed by atoms with van der Waals surface area (Å²) in [7, 11) is 0. The van der Waals surface area contributed by atoms with Crippen molar-refractivity contribution in [2.24, 2.45) is 5.73 Å². The van der Waals surface area contributed by atoms with E-state index in [1.807, 2.05) is 0 Å². The Morgan fingerprint density at radius 3 is 1.75 bits per heavy atom. The average Bonchev–Trinajstić information content (AvgIpc) is 2.20. The van der Waals surface area contributed by atoms with Gasteiger partial charge in [-0.1, -0.05) is 58.3 Å². The summed E-state index contributed by atoms with van der Waals surface area (Å²) < 4.78 is 0. The molecule has 0 radical (unpaired) electrons. The summed E-state index contributed by atoms with van der Waals surface area (Å²) in [6.45, 7) is 2.20. The fourth-order valence-corrected chi connectivity index (χ4v) is 1.69. The van der Waals surface area contributed by atoms with Gasteiger partial charge in [-0.2, -0.15) is 0 Å². The van der Waals surface area contributed by atoms with Crippen LogP contribution in [0.4, 0.5) is 0 Å². The zero-order valence-electron chi connectivity index (χ0n) is 10.4. The van der Waals surface area contributed by atoms with Crippen molar-refractivity contribution in [3.63, 3.8) is 0 Å². The molecule has 0 fully saturated rings. The van der Waals surface area contributed by atoms with Crippen LogP contribution in [-0.4, -0.2) is 27.3 Å². The molecule has 0 aliphatic carbocycles. The van der Waals surface area contributed by atoms with Gasteiger partial charge < -0.3 is 21.1 Å². The van der Waals surface area contributed by atoms with Crippen LogP contribution >= 0.6 is 0 Å². The molecule has 0 aliphatic rings. The molecule has 0 bridgehead atoms. The van der Waals surface area contributed by atoms with E-state index in [1.54, 1.807) is 0 Å². The Kier molecular flexibility index (Phi) is 8.84. The second-order valence-electron chi connectivity index (χ2n) is 4.56. The maximum atomic E-state index is 8.77. The van der Waals surface area contributed by atoms with E-state index in [1.165, 1.54) is 32.1 Å². The molecule has 0 amide bonds. The maximum Gasteiger partial charge on any atom is 0.291 e. The van der Waals surface area contributed by atoms with Crippen molar-refractivity contribution in [1.29, 1.82) is 0 Å². The van der Waals surface area contributed by atoms with Crippen LogP contribution in [0.2, 0.25) is 0 Å². The summed E-state index contributed by atoms with van der Waals surface area (Å²) in [4.78, 5) is 0. The predicted molar refractivity (Wildman–Crippen MR) is 64.6 cm³/mol. The van der Waals surface area contributed by atoms with Crippen LogP contribution in [0.25, 0.3) is 0 Å². The standard InChI is InChI=1S/C12H27NO3/c1-2-3-4-5-6-7-8-9-10-11(13)12(14,15)16/h11,14-16H,2-10,13H2,1H3. The molecular weight excluding hydrogens is 206 g/mol. The van der Waals surface area contributed by atoms with Crippen molar-refractivity contribution in [3.8, 4) is 0 Å². The molecule has 0 aliphatic heterocycles. The molecule has 0 heterocycles. The topological polar surface area (TPSA) is 86.7 Å². The highest BCUT2D eigenvalue weighted by atomic mass is 16.7. The van der Waals surface area contributed by atoms with Gasteiger partial charge in [0, 0.05) is 0 Å². The zero-order chi connectivity index (χ0) is 12.4. The summed E-state index contributed by atoms with van der Waals surface area (Å²) in [6, 6.07) is -0.965. The summed E-state index contributed by atoms with van der Waals surface area (Å²) in [5.74, 6) is -2.72. The van der Waals surface area contributed by atoms with Gasteiger partial charge in [-0.3, -0.25) is 0 Å². The largest absolute Gasteiger partial charge is 0.342 e. The van der Waals surface area contributed by atoms with E-state index in [-0.39, 0.29) is 0 Å². The fourth-order valence-electron chi connectivity index (χ4n) is 1.69. The lowest BCUT2D eigenvalue weighted by molar-refractivity contribution is -0.323. The molecule has 0 saturated heterocycles. The fraction of sp³-hybridized carbons (Fsp3) is 1.00. The van der Waals surface area contributed by atoms with E-state index in [9.17, 15) is 0 Å². The monoisotopic (exact) mass is 233 g/mol. The van der Waals surface area contributed by atoms with Crippen LogP contribution in [0, 0.1) is 0 Å². The normalized spacial score (nSPS) is 14.1. The van der Waals surface area contributed by atoms with E-state index >= 15 is 0 Å². The number of unbranched alkanes of at least 4 members (excludes halogenated alkanes) is 7. The third-order valence-corrected chi connectivity index (χ3v) is 2.87. The summed E-state index contributed by atoms with van der Waals surface area (Å²) in [5, 5.41) is 26.3. The lowest BCUT2D eigenvalue weighted by Crippen LogP contribution is -2.47. The Bertz CT molecular complexity index is 157. The van der Waals surface area contributed by atoms with Crippen molar-refractivity contribution < 1.29 is 15.3 Å². The minimum atomic E-state index is -2.72. The van der Waals surface area contributed by atoms with Crippen LogP contribution < -0.4 is 5.73 Å². The van der Waals surface area contributed by atoms with Gasteiger partial charge in [-0.25, -0.2) is 0 Å². The van der Waals surface area contributed by atoms with E-state index in [0.29, 0.717) is 6.42 Å². The van der Waals surface area contributed by atoms with E-state index in [0.717, 1.165) is 19.3 Å². The second-order valence-corrected chi connectivity index (χ2v) is 4.56. The maximum absolute atomic E-state index is 8.77. The average molecular weight is 233 g/mol. The van der Waals surface area contributed by atoms with Crippen molar-refractivity contribution in [2.45, 2.75) is 76.7 Å². The number of nitrogens with two attached hydrogens (primary N) is 1. The summed E-state index contributed by atoms with van der Waals surface area (Å²) >= 11 is 0. The smallest absolute Gasteiger partial charge is 0.291 e. The Morgan fingerprint density at radius 2 is 1.31 bits per heavy atom. The molecule has 1 unspecified atom stereocenters. The van der Waals surface area contributed by atoms with Gasteiger partial charge in [0.15, 0.2) is 0 Å². The first-order valence-electron chi connectivity index (χ1n) is 6.41. The first-order chi connectivity index (χ1) is 7.48. The van der Waals surface area contributed by atoms with Gasteiger partial charge in [-0.15, -0.1) is 0 Å². The van der Waals surface area contributed by atoms with E-state index in [4.69, 9.17) is 21.1 Å². The Balaban J connectivity index is 3.21. The van der Waals surface area contributed by atoms with Crippen molar-refractivity contribution in [1.82, 2.24) is 0 Å². The lowest BCUT2D eigenvalue weighted by atomic mass is 10.0. The first kappa shape index (κ1) is 15.8. The molecule has 4 nitrogen and oxygen atoms in total. The van der Waals surface area contributed by atoms with Crippen molar-refractivity contribution in [2.75, 3.05) is 0 Å². The molecule has 0 rings (SSSR count). The minimum absolute atomic E-state index is 0.443. The number of hydrogen-bond acceptors (Lipinski definition) is 4. The molecule has 4 heteroatoms. The molecule has 0 saturated carbocycles. The molecular formula is C12H27NO3. The summed E-state index contributed by atoms with van der Waals surface area (Å²) in [6.07, 6.45) is 9.87. The van der Waals surface area contributed by atoms with E-state index in [2.05, 4.69) is 6.92 Å². The second kappa shape index (κ2) is 8.93. The van der Waals surface area contributed by atoms with Crippen LogP contribution in [0.5, 0.6) is 0 Å². The first-order valence-corrected chi connectivity index (χ1v) is 6.41. The quantitative estimate of drug-likeness (QED) is 0.340. The molecule has 0 aromatic heterocycles. The highest BCUT2D eigenvalue weighted by Gasteiger charge is 2.27. The van der Waals surface area contributed by atoms with Gasteiger partial charge in [0.05, 0.1) is 6.04 Å². The molecule has 1 atom stereocenters. The van der Waals surface area contributed by atoms with Gasteiger partial charge in [0.1, 0.15) is 0 Å². The molecule has 0 aromatic rings. The Labute approximate surface area is 98.5 Å². The van der Waals surface area contributed by atoms with Gasteiger partial charge in [0.2, 0.25) is 0 Å². The number of rotatable bonds is 10. The van der Waals surface area contributed by atoms with Crippen LogP contribution in [0.15, 0.2) is 0 Å². The van der Waals surface area contributed by atoms with Crippen LogP contribution in [0.1, 0.15) is 64.7 Å². The number of aliphatic hydroxyl groups is 3. The lowest BCUT2D eigenvalue weighted by Gasteiger charge is -2.21. The zero-order valence-corrected chi connectivity index (χ0v) is 10.4.